The summed E-state index contributed by atoms with van der Waals surface area (Å²) in [7, 11) is 0. The van der Waals surface area contributed by atoms with E-state index in [1.165, 1.54) is 0 Å². The van der Waals surface area contributed by atoms with Crippen LogP contribution in [0.3, 0.4) is 0 Å². The summed E-state index contributed by atoms with van der Waals surface area (Å²) in [5, 5.41) is 0. The van der Waals surface area contributed by atoms with Gasteiger partial charge in [-0.2, -0.15) is 0 Å². The van der Waals surface area contributed by atoms with Crippen LogP contribution >= 0.6 is 0 Å². The van der Waals surface area contributed by atoms with Gasteiger partial charge in [-0.3, -0.25) is 4.79 Å². The number of carbonyl (C=O) groups excluding carboxylic acids is 1. The molecule has 0 radical (unpaired) electrons. The number of hydrogen-bond acceptors (Lipinski definition) is 2. The summed E-state index contributed by atoms with van der Waals surface area (Å²) >= 11 is 0. The molecule has 0 unspecified atom stereocenters. The number of hydrogen-bond donors (Lipinski definition) is 0. The number of rotatable bonds is 4. The second-order valence-electron chi connectivity index (χ2n) is 5.08. The second-order valence-corrected chi connectivity index (χ2v) is 5.08. The fourth-order valence-corrected chi connectivity index (χ4v) is 1.63. The van der Waals surface area contributed by atoms with Crippen molar-refractivity contribution in [2.75, 3.05) is 0 Å². The Bertz CT molecular complexity index is 334. The number of ketones is 1. The molecule has 3 nitrogen and oxygen atoms in total. The molecule has 0 fully saturated rings. The normalized spacial score (nSPS) is 11.7. The van der Waals surface area contributed by atoms with Gasteiger partial charge in [0.25, 0.3) is 0 Å². The van der Waals surface area contributed by atoms with Gasteiger partial charge in [-0.25, -0.2) is 4.98 Å². The van der Waals surface area contributed by atoms with Gasteiger partial charge in [0.2, 0.25) is 0 Å². The second kappa shape index (κ2) is 4.60. The molecule has 0 saturated heterocycles. The molecule has 0 amide bonds. The maximum atomic E-state index is 11.7. The maximum absolute atomic E-state index is 11.7. The van der Waals surface area contributed by atoms with Crippen molar-refractivity contribution >= 4 is 5.78 Å². The molecule has 0 spiro atoms. The molecule has 0 aliphatic carbocycles. The van der Waals surface area contributed by atoms with Gasteiger partial charge < -0.3 is 4.57 Å². The minimum Gasteiger partial charge on any atom is -0.335 e. The van der Waals surface area contributed by atoms with Gasteiger partial charge in [0, 0.05) is 25.4 Å². The predicted octanol–water partition coefficient (Wildman–Crippen LogP) is 2.45. The Hall–Kier alpha value is -1.12. The van der Waals surface area contributed by atoms with Crippen LogP contribution < -0.4 is 0 Å². The fourth-order valence-electron chi connectivity index (χ4n) is 1.63. The van der Waals surface area contributed by atoms with Crippen LogP contribution in [0.25, 0.3) is 0 Å². The van der Waals surface area contributed by atoms with Crippen LogP contribution in [0.2, 0.25) is 0 Å². The van der Waals surface area contributed by atoms with Crippen LogP contribution in [0.4, 0.5) is 0 Å². The average Bonchev–Trinajstić information content (AvgIpc) is 2.48. The quantitative estimate of drug-likeness (QED) is 0.761. The summed E-state index contributed by atoms with van der Waals surface area (Å²) in [6.07, 6.45) is 4.74. The zero-order chi connectivity index (χ0) is 11.5. The van der Waals surface area contributed by atoms with Crippen LogP contribution in [0.5, 0.6) is 0 Å². The molecule has 0 bridgehead atoms. The highest BCUT2D eigenvalue weighted by molar-refractivity contribution is 5.80. The van der Waals surface area contributed by atoms with E-state index in [0.717, 1.165) is 12.4 Å². The van der Waals surface area contributed by atoms with Gasteiger partial charge in [0.1, 0.15) is 11.6 Å². The van der Waals surface area contributed by atoms with E-state index < -0.39 is 0 Å². The smallest absolute Gasteiger partial charge is 0.140 e. The van der Waals surface area contributed by atoms with Crippen LogP contribution in [-0.4, -0.2) is 15.3 Å². The Morgan fingerprint density at radius 3 is 2.67 bits per heavy atom. The third-order valence-corrected chi connectivity index (χ3v) is 2.23. The molecular formula is C12H20N2O. The first-order valence-electron chi connectivity index (χ1n) is 5.44. The molecule has 0 aliphatic heterocycles. The van der Waals surface area contributed by atoms with Crippen molar-refractivity contribution in [3.63, 3.8) is 0 Å². The molecule has 0 saturated carbocycles. The van der Waals surface area contributed by atoms with Crippen molar-refractivity contribution in [1.29, 1.82) is 0 Å². The number of nitrogens with zero attached hydrogens (tertiary/aromatic N) is 2. The molecule has 84 valence electrons. The first-order chi connectivity index (χ1) is 6.92. The summed E-state index contributed by atoms with van der Waals surface area (Å²) in [4.78, 5) is 15.9. The van der Waals surface area contributed by atoms with Crippen LogP contribution in [0.15, 0.2) is 12.4 Å². The topological polar surface area (TPSA) is 34.9 Å². The van der Waals surface area contributed by atoms with E-state index in [9.17, 15) is 4.79 Å². The summed E-state index contributed by atoms with van der Waals surface area (Å²) in [6, 6.07) is 0. The number of aromatic nitrogens is 2. The molecule has 1 rings (SSSR count). The molecule has 3 heteroatoms. The lowest BCUT2D eigenvalue weighted by Gasteiger charge is -2.16. The van der Waals surface area contributed by atoms with Crippen molar-refractivity contribution in [3.8, 4) is 0 Å². The number of aryl methyl sites for hydroxylation is 1. The third-order valence-electron chi connectivity index (χ3n) is 2.23. The number of imidazole rings is 1. The lowest BCUT2D eigenvalue weighted by atomic mass is 9.89. The van der Waals surface area contributed by atoms with E-state index in [0.29, 0.717) is 12.8 Å². The Kier molecular flexibility index (Phi) is 3.66. The molecular weight excluding hydrogens is 188 g/mol. The summed E-state index contributed by atoms with van der Waals surface area (Å²) in [5.41, 5.74) is 0.0702. The van der Waals surface area contributed by atoms with Gasteiger partial charge >= 0.3 is 0 Å². The average molecular weight is 208 g/mol. The summed E-state index contributed by atoms with van der Waals surface area (Å²) in [6.45, 7) is 9.17. The monoisotopic (exact) mass is 208 g/mol. The third kappa shape index (κ3) is 3.86. The van der Waals surface area contributed by atoms with Crippen LogP contribution in [-0.2, 0) is 17.8 Å². The van der Waals surface area contributed by atoms with Crippen molar-refractivity contribution in [2.45, 2.75) is 47.1 Å². The van der Waals surface area contributed by atoms with E-state index >= 15 is 0 Å². The minimum absolute atomic E-state index is 0.0702. The largest absolute Gasteiger partial charge is 0.335 e. The molecule has 15 heavy (non-hydrogen) atoms. The summed E-state index contributed by atoms with van der Waals surface area (Å²) in [5.74, 6) is 1.15. The molecule has 0 aromatic carbocycles. The Morgan fingerprint density at radius 1 is 1.47 bits per heavy atom. The van der Waals surface area contributed by atoms with E-state index in [1.54, 1.807) is 6.20 Å². The van der Waals surface area contributed by atoms with E-state index in [1.807, 2.05) is 10.8 Å². The molecule has 0 aliphatic rings. The Labute approximate surface area is 91.5 Å². The van der Waals surface area contributed by atoms with Gasteiger partial charge in [-0.1, -0.05) is 20.8 Å². The van der Waals surface area contributed by atoms with E-state index in [4.69, 9.17) is 0 Å². The maximum Gasteiger partial charge on any atom is 0.140 e. The molecule has 1 heterocycles. The SMILES string of the molecule is CCn1ccnc1CC(=O)CC(C)(C)C. The molecule has 0 atom stereocenters. The Balaban J connectivity index is 2.59. The highest BCUT2D eigenvalue weighted by Crippen LogP contribution is 2.19. The Morgan fingerprint density at radius 2 is 2.13 bits per heavy atom. The van der Waals surface area contributed by atoms with Gasteiger partial charge in [0.05, 0.1) is 6.42 Å². The number of Topliss-reactive ketones (excluding diaryl/α,β-unsaturated/α-hetero) is 1. The molecule has 1 aromatic heterocycles. The highest BCUT2D eigenvalue weighted by Gasteiger charge is 2.17. The predicted molar refractivity (Wildman–Crippen MR) is 60.7 cm³/mol. The zero-order valence-electron chi connectivity index (χ0n) is 10.1. The van der Waals surface area contributed by atoms with Gasteiger partial charge in [-0.15, -0.1) is 0 Å². The fraction of sp³-hybridized carbons (Fsp3) is 0.667. The highest BCUT2D eigenvalue weighted by atomic mass is 16.1. The van der Waals surface area contributed by atoms with E-state index in [2.05, 4.69) is 32.7 Å². The van der Waals surface area contributed by atoms with Gasteiger partial charge in [0.15, 0.2) is 0 Å². The number of carbonyl (C=O) groups is 1. The van der Waals surface area contributed by atoms with Gasteiger partial charge in [-0.05, 0) is 12.3 Å². The molecule has 0 N–H and O–H groups in total. The lowest BCUT2D eigenvalue weighted by Crippen LogP contribution is -2.16. The first kappa shape index (κ1) is 12.0. The van der Waals surface area contributed by atoms with Crippen molar-refractivity contribution < 1.29 is 4.79 Å². The first-order valence-corrected chi connectivity index (χ1v) is 5.44. The van der Waals surface area contributed by atoms with Crippen molar-refractivity contribution in [1.82, 2.24) is 9.55 Å². The lowest BCUT2D eigenvalue weighted by molar-refractivity contribution is -0.120. The zero-order valence-corrected chi connectivity index (χ0v) is 10.1. The molecule has 1 aromatic rings. The van der Waals surface area contributed by atoms with E-state index in [-0.39, 0.29) is 11.2 Å². The standard InChI is InChI=1S/C12H20N2O/c1-5-14-7-6-13-11(14)8-10(15)9-12(2,3)4/h6-7H,5,8-9H2,1-4H3. The van der Waals surface area contributed by atoms with Crippen molar-refractivity contribution in [2.24, 2.45) is 5.41 Å². The van der Waals surface area contributed by atoms with Crippen LogP contribution in [0.1, 0.15) is 39.9 Å². The van der Waals surface area contributed by atoms with Crippen LogP contribution in [0, 0.1) is 5.41 Å². The minimum atomic E-state index is 0.0702. The van der Waals surface area contributed by atoms with Crippen molar-refractivity contribution in [3.05, 3.63) is 18.2 Å². The summed E-state index contributed by atoms with van der Waals surface area (Å²) < 4.78 is 2.01.